The zero-order valence-corrected chi connectivity index (χ0v) is 18.0. The molecule has 1 aliphatic carbocycles. The number of carbonyl (C=O) groups is 3. The summed E-state index contributed by atoms with van der Waals surface area (Å²) in [6.07, 6.45) is 2.52. The van der Waals surface area contributed by atoms with Crippen LogP contribution in [-0.2, 0) is 37.1 Å². The van der Waals surface area contributed by atoms with Crippen molar-refractivity contribution in [2.75, 3.05) is 6.54 Å². The maximum Gasteiger partial charge on any atom is 0.326 e. The van der Waals surface area contributed by atoms with Crippen LogP contribution in [0.15, 0.2) is 42.5 Å². The molecule has 2 fully saturated rings. The SMILES string of the molecule is O=C(CN1C(=O)[C@H]2CCCC[C@H]2C1=O)OCc1cc(F)cc2c1O[C@H](c1ccccc1)OC2. The van der Waals surface area contributed by atoms with E-state index in [4.69, 9.17) is 14.2 Å². The van der Waals surface area contributed by atoms with Gasteiger partial charge in [0.05, 0.1) is 18.4 Å². The number of rotatable bonds is 5. The predicted molar refractivity (Wildman–Crippen MR) is 113 cm³/mol. The first kappa shape index (κ1) is 21.6. The van der Waals surface area contributed by atoms with Crippen LogP contribution in [0.1, 0.15) is 48.7 Å². The van der Waals surface area contributed by atoms with E-state index in [0.717, 1.165) is 23.3 Å². The van der Waals surface area contributed by atoms with Gasteiger partial charge in [-0.3, -0.25) is 19.3 Å². The predicted octanol–water partition coefficient (Wildman–Crippen LogP) is 3.65. The zero-order chi connectivity index (χ0) is 22.9. The molecule has 0 N–H and O–H groups in total. The number of nitrogens with zero attached hydrogens (tertiary/aromatic N) is 1. The lowest BCUT2D eigenvalue weighted by atomic mass is 9.81. The average molecular weight is 453 g/mol. The third-order valence-corrected chi connectivity index (χ3v) is 6.50. The molecule has 1 saturated heterocycles. The molecule has 33 heavy (non-hydrogen) atoms. The highest BCUT2D eigenvalue weighted by atomic mass is 19.1. The second kappa shape index (κ2) is 8.94. The number of imide groups is 1. The smallest absolute Gasteiger partial charge is 0.326 e. The van der Waals surface area contributed by atoms with Gasteiger partial charge in [0.15, 0.2) is 0 Å². The Morgan fingerprint density at radius 3 is 2.45 bits per heavy atom. The number of fused-ring (bicyclic) bond motifs is 2. The summed E-state index contributed by atoms with van der Waals surface area (Å²) in [5.41, 5.74) is 1.68. The summed E-state index contributed by atoms with van der Waals surface area (Å²) in [5, 5.41) is 0. The zero-order valence-electron chi connectivity index (χ0n) is 18.0. The highest BCUT2D eigenvalue weighted by molar-refractivity contribution is 6.07. The van der Waals surface area contributed by atoms with E-state index in [1.807, 2.05) is 30.3 Å². The van der Waals surface area contributed by atoms with Crippen LogP contribution in [0, 0.1) is 17.7 Å². The molecule has 2 amide bonds. The number of benzene rings is 2. The average Bonchev–Trinajstić information content (AvgIpc) is 3.07. The van der Waals surface area contributed by atoms with E-state index >= 15 is 0 Å². The quantitative estimate of drug-likeness (QED) is 0.508. The van der Waals surface area contributed by atoms with Crippen molar-refractivity contribution in [3.8, 4) is 5.75 Å². The number of amides is 2. The maximum absolute atomic E-state index is 14.2. The standard InChI is InChI=1S/C25H24FNO6/c26-18-10-16(22-17(11-18)14-32-25(33-22)15-6-2-1-3-7-15)13-31-21(28)12-27-23(29)19-8-4-5-9-20(19)24(27)30/h1-3,6-7,10-11,19-20,25H,4-5,8-9,12-14H2/t19-,20+,25-/m1/s1. The number of halogens is 1. The highest BCUT2D eigenvalue weighted by Crippen LogP contribution is 2.39. The van der Waals surface area contributed by atoms with Gasteiger partial charge in [-0.25, -0.2) is 4.39 Å². The Balaban J connectivity index is 1.27. The molecule has 3 aliphatic rings. The Bertz CT molecular complexity index is 1060. The van der Waals surface area contributed by atoms with Crippen LogP contribution in [0.25, 0.3) is 0 Å². The van der Waals surface area contributed by atoms with E-state index in [0.29, 0.717) is 29.7 Å². The Morgan fingerprint density at radius 2 is 1.76 bits per heavy atom. The molecular weight excluding hydrogens is 429 g/mol. The molecule has 0 radical (unpaired) electrons. The van der Waals surface area contributed by atoms with Gasteiger partial charge in [0.1, 0.15) is 24.7 Å². The van der Waals surface area contributed by atoms with E-state index in [2.05, 4.69) is 0 Å². The fourth-order valence-corrected chi connectivity index (χ4v) is 4.88. The third kappa shape index (κ3) is 4.23. The van der Waals surface area contributed by atoms with Crippen molar-refractivity contribution in [2.45, 2.75) is 45.2 Å². The molecule has 0 unspecified atom stereocenters. The van der Waals surface area contributed by atoms with Crippen molar-refractivity contribution in [1.29, 1.82) is 0 Å². The maximum atomic E-state index is 14.2. The van der Waals surface area contributed by atoms with Gasteiger partial charge in [-0.1, -0.05) is 43.2 Å². The summed E-state index contributed by atoms with van der Waals surface area (Å²) < 4.78 is 31.2. The van der Waals surface area contributed by atoms with Crippen LogP contribution in [0.2, 0.25) is 0 Å². The van der Waals surface area contributed by atoms with Gasteiger partial charge in [0.2, 0.25) is 18.1 Å². The van der Waals surface area contributed by atoms with E-state index in [1.54, 1.807) is 0 Å². The van der Waals surface area contributed by atoms with Crippen molar-refractivity contribution in [3.63, 3.8) is 0 Å². The van der Waals surface area contributed by atoms with Crippen LogP contribution in [0.5, 0.6) is 5.75 Å². The lowest BCUT2D eigenvalue weighted by Gasteiger charge is -2.28. The Kier molecular flexibility index (Phi) is 5.85. The second-order valence-corrected chi connectivity index (χ2v) is 8.65. The fraction of sp³-hybridized carbons (Fsp3) is 0.400. The first-order chi connectivity index (χ1) is 16.0. The van der Waals surface area contributed by atoms with E-state index < -0.39 is 24.6 Å². The molecule has 2 heterocycles. The topological polar surface area (TPSA) is 82.1 Å². The van der Waals surface area contributed by atoms with E-state index in [1.165, 1.54) is 12.1 Å². The van der Waals surface area contributed by atoms with Gasteiger partial charge in [-0.05, 0) is 25.0 Å². The van der Waals surface area contributed by atoms with Crippen molar-refractivity contribution >= 4 is 17.8 Å². The lowest BCUT2D eigenvalue weighted by Crippen LogP contribution is -2.36. The monoisotopic (exact) mass is 453 g/mol. The highest BCUT2D eigenvalue weighted by Gasteiger charge is 2.48. The molecule has 3 atom stereocenters. The molecule has 172 valence electrons. The molecule has 0 spiro atoms. The molecule has 0 bridgehead atoms. The largest absolute Gasteiger partial charge is 0.460 e. The van der Waals surface area contributed by atoms with Crippen LogP contribution in [0.3, 0.4) is 0 Å². The second-order valence-electron chi connectivity index (χ2n) is 8.65. The summed E-state index contributed by atoms with van der Waals surface area (Å²) in [5.74, 6) is -2.05. The normalized spacial score (nSPS) is 24.2. The molecule has 7 nitrogen and oxygen atoms in total. The van der Waals surface area contributed by atoms with Crippen LogP contribution < -0.4 is 4.74 Å². The number of likely N-dealkylation sites (tertiary alicyclic amines) is 1. The summed E-state index contributed by atoms with van der Waals surface area (Å²) >= 11 is 0. The van der Waals surface area contributed by atoms with Crippen LogP contribution in [0.4, 0.5) is 4.39 Å². The summed E-state index contributed by atoms with van der Waals surface area (Å²) in [6, 6.07) is 11.9. The number of carbonyl (C=O) groups excluding carboxylic acids is 3. The fourth-order valence-electron chi connectivity index (χ4n) is 4.88. The Hall–Kier alpha value is -3.26. The molecule has 8 heteroatoms. The van der Waals surface area contributed by atoms with E-state index in [-0.39, 0.29) is 36.9 Å². The first-order valence-electron chi connectivity index (χ1n) is 11.2. The molecule has 2 aliphatic heterocycles. The Labute approximate surface area is 190 Å². The summed E-state index contributed by atoms with van der Waals surface area (Å²) in [4.78, 5) is 38.7. The van der Waals surface area contributed by atoms with Crippen molar-refractivity contribution < 1.29 is 33.0 Å². The van der Waals surface area contributed by atoms with Crippen LogP contribution in [-0.4, -0.2) is 29.2 Å². The minimum Gasteiger partial charge on any atom is -0.460 e. The number of hydrogen-bond acceptors (Lipinski definition) is 6. The number of ether oxygens (including phenoxy) is 3. The molecule has 2 aromatic carbocycles. The minimum absolute atomic E-state index is 0.146. The van der Waals surface area contributed by atoms with Crippen molar-refractivity contribution in [2.24, 2.45) is 11.8 Å². The van der Waals surface area contributed by atoms with Gasteiger partial charge in [-0.15, -0.1) is 0 Å². The number of esters is 1. The molecule has 2 aromatic rings. The third-order valence-electron chi connectivity index (χ3n) is 6.50. The van der Waals surface area contributed by atoms with Gasteiger partial charge >= 0.3 is 5.97 Å². The first-order valence-corrected chi connectivity index (χ1v) is 11.2. The molecule has 1 saturated carbocycles. The summed E-state index contributed by atoms with van der Waals surface area (Å²) in [6.45, 7) is -0.532. The molecular formula is C25H24FNO6. The number of hydrogen-bond donors (Lipinski definition) is 0. The summed E-state index contributed by atoms with van der Waals surface area (Å²) in [7, 11) is 0. The molecule has 0 aromatic heterocycles. The van der Waals surface area contributed by atoms with Crippen LogP contribution >= 0.6 is 0 Å². The van der Waals surface area contributed by atoms with Crippen molar-refractivity contribution in [3.05, 3.63) is 65.0 Å². The van der Waals surface area contributed by atoms with E-state index in [9.17, 15) is 18.8 Å². The molecule has 5 rings (SSSR count). The van der Waals surface area contributed by atoms with Gasteiger partial charge in [0, 0.05) is 16.7 Å². The lowest BCUT2D eigenvalue weighted by molar-refractivity contribution is -0.154. The van der Waals surface area contributed by atoms with Crippen molar-refractivity contribution in [1.82, 2.24) is 4.90 Å². The minimum atomic E-state index is -0.722. The van der Waals surface area contributed by atoms with Gasteiger partial charge in [0.25, 0.3) is 0 Å². The van der Waals surface area contributed by atoms with Gasteiger partial charge in [-0.2, -0.15) is 0 Å². The van der Waals surface area contributed by atoms with Gasteiger partial charge < -0.3 is 14.2 Å². The Morgan fingerprint density at radius 1 is 1.06 bits per heavy atom.